The third-order valence-corrected chi connectivity index (χ3v) is 4.96. The van der Waals surface area contributed by atoms with Gasteiger partial charge in [-0.25, -0.2) is 14.4 Å². The molecule has 1 aliphatic rings. The van der Waals surface area contributed by atoms with Crippen molar-refractivity contribution in [2.45, 2.75) is 26.2 Å². The van der Waals surface area contributed by atoms with Gasteiger partial charge in [-0.2, -0.15) is 0 Å². The smallest absolute Gasteiger partial charge is 0.255 e. The number of hydrogen-bond acceptors (Lipinski definition) is 4. The summed E-state index contributed by atoms with van der Waals surface area (Å²) >= 11 is 0. The molecule has 4 rings (SSSR count). The third-order valence-electron chi connectivity index (χ3n) is 4.96. The topological polar surface area (TPSA) is 58.1 Å². The Balaban J connectivity index is 1.60. The third kappa shape index (κ3) is 3.60. The van der Waals surface area contributed by atoms with Crippen LogP contribution in [0.4, 0.5) is 15.9 Å². The quantitative estimate of drug-likeness (QED) is 0.752. The predicted octanol–water partition coefficient (Wildman–Crippen LogP) is 4.32. The van der Waals surface area contributed by atoms with Crippen molar-refractivity contribution in [1.82, 2.24) is 9.97 Å². The summed E-state index contributed by atoms with van der Waals surface area (Å²) in [6.45, 7) is 3.67. The Morgan fingerprint density at radius 2 is 1.89 bits per heavy atom. The number of carbonyl (C=O) groups is 1. The fourth-order valence-corrected chi connectivity index (χ4v) is 3.42. The van der Waals surface area contributed by atoms with Gasteiger partial charge >= 0.3 is 0 Å². The molecule has 0 radical (unpaired) electrons. The number of aryl methyl sites for hydroxylation is 1. The van der Waals surface area contributed by atoms with Crippen LogP contribution in [0.25, 0.3) is 10.9 Å². The number of anilines is 2. The Kier molecular flexibility index (Phi) is 4.71. The molecule has 0 spiro atoms. The summed E-state index contributed by atoms with van der Waals surface area (Å²) in [6.07, 6.45) is 5.17. The highest BCUT2D eigenvalue weighted by Gasteiger charge is 2.16. The fourth-order valence-electron chi connectivity index (χ4n) is 3.42. The monoisotopic (exact) mass is 364 g/mol. The van der Waals surface area contributed by atoms with Gasteiger partial charge in [0.25, 0.3) is 5.91 Å². The first-order chi connectivity index (χ1) is 13.1. The van der Waals surface area contributed by atoms with Crippen molar-refractivity contribution in [3.05, 3.63) is 59.7 Å². The molecule has 1 aliphatic heterocycles. The van der Waals surface area contributed by atoms with E-state index in [-0.39, 0.29) is 17.3 Å². The van der Waals surface area contributed by atoms with Crippen molar-refractivity contribution < 1.29 is 9.18 Å². The minimum atomic E-state index is -0.389. The molecule has 1 amide bonds. The summed E-state index contributed by atoms with van der Waals surface area (Å²) in [4.78, 5) is 23.5. The number of amides is 1. The fraction of sp³-hybridized carbons (Fsp3) is 0.286. The van der Waals surface area contributed by atoms with E-state index in [9.17, 15) is 9.18 Å². The normalized spacial score (nSPS) is 14.4. The first-order valence-corrected chi connectivity index (χ1v) is 9.19. The molecule has 1 saturated heterocycles. The van der Waals surface area contributed by atoms with Gasteiger partial charge < -0.3 is 10.2 Å². The molecule has 138 valence electrons. The van der Waals surface area contributed by atoms with E-state index < -0.39 is 0 Å². The first kappa shape index (κ1) is 17.4. The van der Waals surface area contributed by atoms with E-state index in [2.05, 4.69) is 20.2 Å². The van der Waals surface area contributed by atoms with Gasteiger partial charge in [0.2, 0.25) is 0 Å². The lowest BCUT2D eigenvalue weighted by molar-refractivity contribution is 0.102. The number of carbonyl (C=O) groups excluding carboxylic acids is 1. The molecule has 0 saturated carbocycles. The number of halogens is 1. The highest BCUT2D eigenvalue weighted by molar-refractivity contribution is 6.05. The van der Waals surface area contributed by atoms with Gasteiger partial charge in [-0.15, -0.1) is 0 Å². The molecule has 0 bridgehead atoms. The van der Waals surface area contributed by atoms with Gasteiger partial charge in [0.1, 0.15) is 18.0 Å². The van der Waals surface area contributed by atoms with Gasteiger partial charge in [-0.3, -0.25) is 4.79 Å². The van der Waals surface area contributed by atoms with Crippen LogP contribution in [-0.4, -0.2) is 29.0 Å². The van der Waals surface area contributed by atoms with Gasteiger partial charge in [0.15, 0.2) is 0 Å². The Morgan fingerprint density at radius 1 is 1.07 bits per heavy atom. The maximum atomic E-state index is 13.7. The van der Waals surface area contributed by atoms with Crippen LogP contribution < -0.4 is 10.2 Å². The Hall–Kier alpha value is -3.02. The van der Waals surface area contributed by atoms with Crippen molar-refractivity contribution in [3.8, 4) is 0 Å². The molecule has 0 aliphatic carbocycles. The standard InChI is InChI=1S/C21H21FN4O/c1-14-5-6-15(11-18(14)22)21(27)25-16-7-8-17-19(12-16)23-13-24-20(17)26-9-3-2-4-10-26/h5-8,11-13H,2-4,9-10H2,1H3,(H,25,27). The number of aromatic nitrogens is 2. The largest absolute Gasteiger partial charge is 0.356 e. The highest BCUT2D eigenvalue weighted by atomic mass is 19.1. The van der Waals surface area contributed by atoms with Crippen LogP contribution in [0.1, 0.15) is 35.2 Å². The Labute approximate surface area is 157 Å². The van der Waals surface area contributed by atoms with E-state index in [0.29, 0.717) is 11.3 Å². The zero-order valence-corrected chi connectivity index (χ0v) is 15.2. The maximum absolute atomic E-state index is 13.7. The number of nitrogens with one attached hydrogen (secondary N) is 1. The lowest BCUT2D eigenvalue weighted by Crippen LogP contribution is -2.30. The number of hydrogen-bond donors (Lipinski definition) is 1. The molecule has 1 aromatic heterocycles. The minimum Gasteiger partial charge on any atom is -0.356 e. The second-order valence-electron chi connectivity index (χ2n) is 6.89. The lowest BCUT2D eigenvalue weighted by Gasteiger charge is -2.28. The van der Waals surface area contributed by atoms with Crippen LogP contribution in [0.15, 0.2) is 42.7 Å². The van der Waals surface area contributed by atoms with E-state index in [4.69, 9.17) is 0 Å². The van der Waals surface area contributed by atoms with E-state index >= 15 is 0 Å². The number of benzene rings is 2. The molecule has 0 unspecified atom stereocenters. The summed E-state index contributed by atoms with van der Waals surface area (Å²) < 4.78 is 13.7. The molecule has 0 atom stereocenters. The molecule has 1 fully saturated rings. The minimum absolute atomic E-state index is 0.287. The molecule has 5 nitrogen and oxygen atoms in total. The Bertz CT molecular complexity index is 999. The summed E-state index contributed by atoms with van der Waals surface area (Å²) in [5, 5.41) is 3.79. The van der Waals surface area contributed by atoms with Crippen molar-refractivity contribution in [2.24, 2.45) is 0 Å². The summed E-state index contributed by atoms with van der Waals surface area (Å²) in [5.41, 5.74) is 2.20. The van der Waals surface area contributed by atoms with Crippen LogP contribution in [-0.2, 0) is 0 Å². The van der Waals surface area contributed by atoms with Crippen LogP contribution >= 0.6 is 0 Å². The first-order valence-electron chi connectivity index (χ1n) is 9.19. The summed E-state index contributed by atoms with van der Waals surface area (Å²) in [5.74, 6) is 0.205. The van der Waals surface area contributed by atoms with Crippen molar-refractivity contribution in [1.29, 1.82) is 0 Å². The second kappa shape index (κ2) is 7.31. The average molecular weight is 364 g/mol. The second-order valence-corrected chi connectivity index (χ2v) is 6.89. The molecule has 3 aromatic rings. The molecule has 27 heavy (non-hydrogen) atoms. The summed E-state index contributed by atoms with van der Waals surface area (Å²) in [7, 11) is 0. The molecule has 2 aromatic carbocycles. The molecular formula is C21H21FN4O. The average Bonchev–Trinajstić information content (AvgIpc) is 2.70. The van der Waals surface area contributed by atoms with Crippen LogP contribution in [0.5, 0.6) is 0 Å². The van der Waals surface area contributed by atoms with Crippen LogP contribution in [0.3, 0.4) is 0 Å². The number of piperidine rings is 1. The Morgan fingerprint density at radius 3 is 2.67 bits per heavy atom. The molecule has 6 heteroatoms. The summed E-state index contributed by atoms with van der Waals surface area (Å²) in [6, 6.07) is 10.1. The van der Waals surface area contributed by atoms with Gasteiger partial charge in [0.05, 0.1) is 5.52 Å². The van der Waals surface area contributed by atoms with Crippen LogP contribution in [0, 0.1) is 12.7 Å². The highest BCUT2D eigenvalue weighted by Crippen LogP contribution is 2.27. The zero-order valence-electron chi connectivity index (χ0n) is 15.2. The maximum Gasteiger partial charge on any atom is 0.255 e. The van der Waals surface area contributed by atoms with Crippen molar-refractivity contribution in [2.75, 3.05) is 23.3 Å². The molecular weight excluding hydrogens is 343 g/mol. The van der Waals surface area contributed by atoms with Crippen molar-refractivity contribution in [3.63, 3.8) is 0 Å². The van der Waals surface area contributed by atoms with E-state index in [0.717, 1.165) is 29.8 Å². The lowest BCUT2D eigenvalue weighted by atomic mass is 10.1. The van der Waals surface area contributed by atoms with Gasteiger partial charge in [0, 0.05) is 29.7 Å². The predicted molar refractivity (Wildman–Crippen MR) is 105 cm³/mol. The van der Waals surface area contributed by atoms with Gasteiger partial charge in [-0.05, 0) is 62.1 Å². The zero-order chi connectivity index (χ0) is 18.8. The SMILES string of the molecule is Cc1ccc(C(=O)Nc2ccc3c(N4CCCCC4)ncnc3c2)cc1F. The van der Waals surface area contributed by atoms with E-state index in [1.807, 2.05) is 18.2 Å². The number of fused-ring (bicyclic) bond motifs is 1. The molecule has 2 heterocycles. The van der Waals surface area contributed by atoms with E-state index in [1.165, 1.54) is 25.3 Å². The van der Waals surface area contributed by atoms with Gasteiger partial charge in [-0.1, -0.05) is 6.07 Å². The van der Waals surface area contributed by atoms with Crippen LogP contribution in [0.2, 0.25) is 0 Å². The number of nitrogens with zero attached hydrogens (tertiary/aromatic N) is 3. The van der Waals surface area contributed by atoms with E-state index in [1.54, 1.807) is 25.4 Å². The number of rotatable bonds is 3. The molecule has 1 N–H and O–H groups in total. The van der Waals surface area contributed by atoms with Crippen molar-refractivity contribution >= 4 is 28.3 Å².